The lowest BCUT2D eigenvalue weighted by molar-refractivity contribution is -0.127. The van der Waals surface area contributed by atoms with Gasteiger partial charge in [0, 0.05) is 28.6 Å². The van der Waals surface area contributed by atoms with E-state index in [1.165, 1.54) is 43.7 Å². The van der Waals surface area contributed by atoms with Crippen LogP contribution in [0.4, 0.5) is 14.6 Å². The third-order valence-corrected chi connectivity index (χ3v) is 9.15. The Bertz CT molecular complexity index is 1410. The molecule has 196 valence electrons. The van der Waals surface area contributed by atoms with Crippen LogP contribution in [0.25, 0.3) is 11.1 Å². The van der Waals surface area contributed by atoms with E-state index >= 15 is 4.39 Å². The first-order chi connectivity index (χ1) is 17.6. The van der Waals surface area contributed by atoms with Crippen LogP contribution in [0.5, 0.6) is 5.75 Å². The smallest absolute Gasteiger partial charge is 0.236 e. The highest BCUT2D eigenvalue weighted by Gasteiger charge is 2.45. The van der Waals surface area contributed by atoms with Crippen LogP contribution in [0, 0.1) is 23.5 Å². The molecule has 1 aromatic heterocycles. The third kappa shape index (κ3) is 5.15. The van der Waals surface area contributed by atoms with Crippen LogP contribution in [0.3, 0.4) is 0 Å². The molecule has 5 rings (SSSR count). The number of hydrogen-bond donors (Lipinski definition) is 2. The number of carbonyl (C=O) groups is 1. The van der Waals surface area contributed by atoms with Crippen LogP contribution in [0.1, 0.15) is 37.3 Å². The minimum atomic E-state index is -3.75. The number of nitrogens with one attached hydrogen (secondary N) is 2. The van der Waals surface area contributed by atoms with Gasteiger partial charge in [0.25, 0.3) is 0 Å². The number of hydrogen-bond acceptors (Lipinski definition) is 6. The Morgan fingerprint density at radius 2 is 2.00 bits per heavy atom. The summed E-state index contributed by atoms with van der Waals surface area (Å²) in [5.41, 5.74) is 0.800. The second-order valence-electron chi connectivity index (χ2n) is 9.37. The minimum Gasteiger partial charge on any atom is -0.496 e. The Hall–Kier alpha value is -3.18. The number of methoxy groups -OCH3 is 1. The zero-order chi connectivity index (χ0) is 26.3. The number of carbonyl (C=O) groups excluding carboxylic acids is 1. The van der Waals surface area contributed by atoms with Crippen molar-refractivity contribution < 1.29 is 31.3 Å². The molecule has 0 radical (unpaired) electrons. The highest BCUT2D eigenvalue weighted by molar-refractivity contribution is 7.93. The monoisotopic (exact) mass is 551 g/mol. The van der Waals surface area contributed by atoms with Gasteiger partial charge >= 0.3 is 0 Å². The van der Waals surface area contributed by atoms with E-state index in [9.17, 15) is 17.6 Å². The SMILES string of the molecule is COc1cc(-c2cc(F)cc(Cl)c2)c(F)cc1C1NC(=O)CC2CC(S(=O)(=O)Nc3ccon3)CCC21. The Morgan fingerprint density at radius 1 is 1.19 bits per heavy atom. The molecule has 0 spiro atoms. The number of amides is 1. The first-order valence-electron chi connectivity index (χ1n) is 11.7. The van der Waals surface area contributed by atoms with Gasteiger partial charge in [0.05, 0.1) is 18.4 Å². The molecule has 3 aromatic rings. The average molecular weight is 552 g/mol. The third-order valence-electron chi connectivity index (χ3n) is 7.14. The molecule has 12 heteroatoms. The molecule has 2 aromatic carbocycles. The van der Waals surface area contributed by atoms with E-state index in [0.717, 1.165) is 6.07 Å². The number of anilines is 1. The molecule has 2 N–H and O–H groups in total. The highest BCUT2D eigenvalue weighted by atomic mass is 35.5. The van der Waals surface area contributed by atoms with Gasteiger partial charge in [-0.3, -0.25) is 9.52 Å². The highest BCUT2D eigenvalue weighted by Crippen LogP contribution is 2.47. The Morgan fingerprint density at radius 3 is 2.70 bits per heavy atom. The summed E-state index contributed by atoms with van der Waals surface area (Å²) < 4.78 is 67.8. The van der Waals surface area contributed by atoms with Crippen molar-refractivity contribution in [2.45, 2.75) is 37.0 Å². The fourth-order valence-electron chi connectivity index (χ4n) is 5.50. The number of aromatic nitrogens is 1. The molecule has 2 heterocycles. The molecule has 2 aliphatic rings. The summed E-state index contributed by atoms with van der Waals surface area (Å²) in [6.45, 7) is 0. The van der Waals surface area contributed by atoms with Crippen LogP contribution in [0.2, 0.25) is 5.02 Å². The predicted octanol–water partition coefficient (Wildman–Crippen LogP) is 5.07. The molecule has 1 saturated heterocycles. The van der Waals surface area contributed by atoms with Crippen molar-refractivity contribution in [1.29, 1.82) is 0 Å². The van der Waals surface area contributed by atoms with E-state index in [-0.39, 0.29) is 52.6 Å². The molecule has 37 heavy (non-hydrogen) atoms. The number of piperidine rings is 1. The van der Waals surface area contributed by atoms with Crippen molar-refractivity contribution in [2.75, 3.05) is 11.8 Å². The van der Waals surface area contributed by atoms with E-state index in [1.54, 1.807) is 0 Å². The lowest BCUT2D eigenvalue weighted by Crippen LogP contribution is -2.48. The number of nitrogens with zero attached hydrogens (tertiary/aromatic N) is 1. The van der Waals surface area contributed by atoms with Crippen LogP contribution in [-0.4, -0.2) is 31.8 Å². The summed E-state index contributed by atoms with van der Waals surface area (Å²) in [5.74, 6) is -1.41. The van der Waals surface area contributed by atoms with Crippen molar-refractivity contribution in [3.63, 3.8) is 0 Å². The molecule has 4 atom stereocenters. The van der Waals surface area contributed by atoms with Crippen molar-refractivity contribution in [1.82, 2.24) is 10.5 Å². The molecule has 1 aliphatic heterocycles. The molecule has 1 saturated carbocycles. The van der Waals surface area contributed by atoms with Crippen molar-refractivity contribution >= 4 is 33.3 Å². The first kappa shape index (κ1) is 25.5. The maximum absolute atomic E-state index is 15.4. The maximum Gasteiger partial charge on any atom is 0.236 e. The maximum atomic E-state index is 15.4. The van der Waals surface area contributed by atoms with Gasteiger partial charge in [-0.25, -0.2) is 17.2 Å². The van der Waals surface area contributed by atoms with Gasteiger partial charge in [0.1, 0.15) is 23.6 Å². The summed E-state index contributed by atoms with van der Waals surface area (Å²) in [6.07, 6.45) is 2.55. The van der Waals surface area contributed by atoms with Gasteiger partial charge in [-0.15, -0.1) is 0 Å². The van der Waals surface area contributed by atoms with Gasteiger partial charge in [-0.05, 0) is 67.0 Å². The second kappa shape index (κ2) is 9.94. The van der Waals surface area contributed by atoms with Gasteiger partial charge in [0.2, 0.25) is 15.9 Å². The number of ether oxygens (including phenoxy) is 1. The van der Waals surface area contributed by atoms with Gasteiger partial charge in [-0.2, -0.15) is 0 Å². The van der Waals surface area contributed by atoms with Gasteiger partial charge in [0.15, 0.2) is 5.82 Å². The molecular formula is C25H24ClF2N3O5S. The van der Waals surface area contributed by atoms with Crippen molar-refractivity contribution in [2.24, 2.45) is 11.8 Å². The minimum absolute atomic E-state index is 0.0984. The van der Waals surface area contributed by atoms with Crippen molar-refractivity contribution in [3.05, 3.63) is 64.9 Å². The topological polar surface area (TPSA) is 111 Å². The lowest BCUT2D eigenvalue weighted by atomic mass is 9.69. The van der Waals surface area contributed by atoms with E-state index in [2.05, 4.69) is 15.2 Å². The molecular weight excluding hydrogens is 528 g/mol. The zero-order valence-corrected chi connectivity index (χ0v) is 21.3. The van der Waals surface area contributed by atoms with Crippen LogP contribution >= 0.6 is 11.6 Å². The number of fused-ring (bicyclic) bond motifs is 1. The Labute approximate surface area is 217 Å². The van der Waals surface area contributed by atoms with E-state index in [4.69, 9.17) is 20.9 Å². The van der Waals surface area contributed by atoms with Gasteiger partial charge in [-0.1, -0.05) is 16.8 Å². The average Bonchev–Trinajstić information content (AvgIpc) is 3.34. The quantitative estimate of drug-likeness (QED) is 0.442. The summed E-state index contributed by atoms with van der Waals surface area (Å²) in [7, 11) is -2.32. The fraction of sp³-hybridized carbons (Fsp3) is 0.360. The standard InChI is InChI=1S/C25H24ClF2N3O5S/c1-35-22-12-19(13-6-15(26)10-16(27)7-13)21(28)11-20(22)25-18-3-2-17(8-14(18)9-24(32)29-25)37(33,34)31-23-4-5-36-30-23/h4-7,10-12,14,17-18,25H,2-3,8-9H2,1H3,(H,29,32)(H,30,31). The molecule has 2 fully saturated rings. The van der Waals surface area contributed by atoms with E-state index in [0.29, 0.717) is 24.2 Å². The van der Waals surface area contributed by atoms with Crippen LogP contribution < -0.4 is 14.8 Å². The lowest BCUT2D eigenvalue weighted by Gasteiger charge is -2.44. The number of benzene rings is 2. The molecule has 4 unspecified atom stereocenters. The fourth-order valence-corrected chi connectivity index (χ4v) is 7.23. The summed E-state index contributed by atoms with van der Waals surface area (Å²) in [5, 5.41) is 5.96. The summed E-state index contributed by atoms with van der Waals surface area (Å²) in [6, 6.07) is 7.34. The second-order valence-corrected chi connectivity index (χ2v) is 11.8. The largest absolute Gasteiger partial charge is 0.496 e. The Balaban J connectivity index is 1.43. The van der Waals surface area contributed by atoms with Crippen molar-refractivity contribution in [3.8, 4) is 16.9 Å². The molecule has 8 nitrogen and oxygen atoms in total. The molecule has 0 bridgehead atoms. The number of sulfonamides is 1. The Kier molecular flexibility index (Phi) is 6.84. The summed E-state index contributed by atoms with van der Waals surface area (Å²) in [4.78, 5) is 12.7. The van der Waals surface area contributed by atoms with Gasteiger partial charge < -0.3 is 14.6 Å². The number of halogens is 3. The molecule has 1 amide bonds. The van der Waals surface area contributed by atoms with E-state index in [1.807, 2.05) is 0 Å². The van der Waals surface area contributed by atoms with Crippen LogP contribution in [-0.2, 0) is 14.8 Å². The molecule has 1 aliphatic carbocycles. The predicted molar refractivity (Wildman–Crippen MR) is 133 cm³/mol. The zero-order valence-electron chi connectivity index (χ0n) is 19.7. The van der Waals surface area contributed by atoms with E-state index < -0.39 is 32.9 Å². The normalized spacial score (nSPS) is 23.7. The summed E-state index contributed by atoms with van der Waals surface area (Å²) >= 11 is 5.96. The number of rotatable bonds is 6. The van der Waals surface area contributed by atoms with Crippen LogP contribution in [0.15, 0.2) is 47.2 Å². The first-order valence-corrected chi connectivity index (χ1v) is 13.6.